The van der Waals surface area contributed by atoms with Gasteiger partial charge in [0.05, 0.1) is 7.11 Å². The molecule has 0 saturated carbocycles. The predicted molar refractivity (Wildman–Crippen MR) is 89.4 cm³/mol. The second kappa shape index (κ2) is 7.25. The van der Waals surface area contributed by atoms with Gasteiger partial charge in [0.2, 0.25) is 0 Å². The second-order valence-corrected chi connectivity index (χ2v) is 7.83. The molecule has 0 aliphatic carbocycles. The van der Waals surface area contributed by atoms with Crippen LogP contribution < -0.4 is 0 Å². The lowest BCUT2D eigenvalue weighted by atomic mass is 10.2. The van der Waals surface area contributed by atoms with Crippen molar-refractivity contribution in [2.45, 2.75) is 49.0 Å². The van der Waals surface area contributed by atoms with Crippen molar-refractivity contribution in [3.8, 4) is 0 Å². The SMILES string of the molecule is COC(=O)[C@H]1CC(Sc2ccccc2)CN1C(=O)OC(C)(C)C. The van der Waals surface area contributed by atoms with Gasteiger partial charge in [-0.15, -0.1) is 11.8 Å². The molecule has 0 bridgehead atoms. The van der Waals surface area contributed by atoms with Gasteiger partial charge in [-0.05, 0) is 39.3 Å². The monoisotopic (exact) mass is 337 g/mol. The molecule has 0 aromatic heterocycles. The van der Waals surface area contributed by atoms with Gasteiger partial charge < -0.3 is 9.47 Å². The van der Waals surface area contributed by atoms with Crippen molar-refractivity contribution in [1.29, 1.82) is 0 Å². The Morgan fingerprint density at radius 1 is 1.22 bits per heavy atom. The van der Waals surface area contributed by atoms with E-state index in [4.69, 9.17) is 9.47 Å². The molecule has 2 atom stereocenters. The molecule has 6 heteroatoms. The van der Waals surface area contributed by atoms with Crippen LogP contribution >= 0.6 is 11.8 Å². The summed E-state index contributed by atoms with van der Waals surface area (Å²) in [7, 11) is 1.34. The van der Waals surface area contributed by atoms with Gasteiger partial charge >= 0.3 is 12.1 Å². The third kappa shape index (κ3) is 4.89. The maximum Gasteiger partial charge on any atom is 0.411 e. The number of nitrogens with zero attached hydrogens (tertiary/aromatic N) is 1. The van der Waals surface area contributed by atoms with Crippen molar-refractivity contribution in [3.63, 3.8) is 0 Å². The molecule has 1 aliphatic heterocycles. The number of hydrogen-bond acceptors (Lipinski definition) is 5. The van der Waals surface area contributed by atoms with Crippen LogP contribution in [0.1, 0.15) is 27.2 Å². The lowest BCUT2D eigenvalue weighted by molar-refractivity contribution is -0.145. The maximum atomic E-state index is 12.4. The molecule has 1 aliphatic rings. The number of rotatable bonds is 3. The summed E-state index contributed by atoms with van der Waals surface area (Å²) < 4.78 is 10.3. The van der Waals surface area contributed by atoms with Crippen LogP contribution in [0.25, 0.3) is 0 Å². The molecule has 1 fully saturated rings. The summed E-state index contributed by atoms with van der Waals surface area (Å²) in [4.78, 5) is 27.0. The van der Waals surface area contributed by atoms with Crippen molar-refractivity contribution in [2.75, 3.05) is 13.7 Å². The molecule has 0 radical (unpaired) electrons. The Morgan fingerprint density at radius 3 is 2.43 bits per heavy atom. The minimum absolute atomic E-state index is 0.133. The van der Waals surface area contributed by atoms with Gasteiger partial charge in [0.1, 0.15) is 11.6 Å². The fraction of sp³-hybridized carbons (Fsp3) is 0.529. The normalized spacial score (nSPS) is 21.1. The van der Waals surface area contributed by atoms with Crippen LogP contribution in [-0.4, -0.2) is 47.5 Å². The Kier molecular flexibility index (Phi) is 5.57. The van der Waals surface area contributed by atoms with E-state index in [-0.39, 0.29) is 5.25 Å². The average molecular weight is 337 g/mol. The number of benzene rings is 1. The van der Waals surface area contributed by atoms with E-state index in [1.165, 1.54) is 12.0 Å². The smallest absolute Gasteiger partial charge is 0.411 e. The highest BCUT2D eigenvalue weighted by Gasteiger charge is 2.42. The molecule has 23 heavy (non-hydrogen) atoms. The number of ether oxygens (including phenoxy) is 2. The third-order valence-electron chi connectivity index (χ3n) is 3.41. The lowest BCUT2D eigenvalue weighted by Gasteiger charge is -2.27. The predicted octanol–water partition coefficient (Wildman–Crippen LogP) is 3.33. The number of hydrogen-bond donors (Lipinski definition) is 0. The summed E-state index contributed by atoms with van der Waals surface area (Å²) in [6.45, 7) is 5.90. The Balaban J connectivity index is 2.09. The first-order valence-corrected chi connectivity index (χ1v) is 8.47. The van der Waals surface area contributed by atoms with E-state index in [0.717, 1.165) is 4.90 Å². The van der Waals surface area contributed by atoms with Gasteiger partial charge in [0.15, 0.2) is 0 Å². The van der Waals surface area contributed by atoms with Crippen LogP contribution in [0.4, 0.5) is 4.79 Å². The van der Waals surface area contributed by atoms with Crippen molar-refractivity contribution < 1.29 is 19.1 Å². The quantitative estimate of drug-likeness (QED) is 0.792. The largest absolute Gasteiger partial charge is 0.467 e. The van der Waals surface area contributed by atoms with Crippen LogP contribution in [-0.2, 0) is 14.3 Å². The molecule has 1 heterocycles. The van der Waals surface area contributed by atoms with Gasteiger partial charge in [0, 0.05) is 16.7 Å². The summed E-state index contributed by atoms with van der Waals surface area (Å²) in [5.41, 5.74) is -0.595. The molecule has 1 aromatic rings. The van der Waals surface area contributed by atoms with E-state index in [2.05, 4.69) is 0 Å². The highest BCUT2D eigenvalue weighted by Crippen LogP contribution is 2.34. The summed E-state index contributed by atoms with van der Waals surface area (Å²) in [6.07, 6.45) is 0.0925. The second-order valence-electron chi connectivity index (χ2n) is 6.46. The van der Waals surface area contributed by atoms with Crippen LogP contribution in [0.5, 0.6) is 0 Å². The highest BCUT2D eigenvalue weighted by molar-refractivity contribution is 8.00. The Bertz CT molecular complexity index is 555. The molecule has 0 N–H and O–H groups in total. The number of thioether (sulfide) groups is 1. The Morgan fingerprint density at radius 2 is 1.87 bits per heavy atom. The van der Waals surface area contributed by atoms with Gasteiger partial charge in [0.25, 0.3) is 0 Å². The Hall–Kier alpha value is -1.69. The van der Waals surface area contributed by atoms with Gasteiger partial charge in [-0.2, -0.15) is 0 Å². The van der Waals surface area contributed by atoms with E-state index in [1.807, 2.05) is 51.1 Å². The molecule has 5 nitrogen and oxygen atoms in total. The number of carbonyl (C=O) groups is 2. The summed E-state index contributed by atoms with van der Waals surface area (Å²) in [6, 6.07) is 9.36. The summed E-state index contributed by atoms with van der Waals surface area (Å²) in [5, 5.41) is 0.133. The van der Waals surface area contributed by atoms with Crippen molar-refractivity contribution in [2.24, 2.45) is 0 Å². The zero-order valence-corrected chi connectivity index (χ0v) is 14.8. The first kappa shape index (κ1) is 17.7. The minimum atomic E-state index is -0.595. The standard InChI is InChI=1S/C17H23NO4S/c1-17(2,3)22-16(20)18-11-13(10-14(18)15(19)21-4)23-12-8-6-5-7-9-12/h5-9,13-14H,10-11H2,1-4H3/t13?,14-/m1/s1. The van der Waals surface area contributed by atoms with Crippen molar-refractivity contribution in [1.82, 2.24) is 4.90 Å². The summed E-state index contributed by atoms with van der Waals surface area (Å²) in [5.74, 6) is -0.396. The number of amides is 1. The minimum Gasteiger partial charge on any atom is -0.467 e. The van der Waals surface area contributed by atoms with Crippen LogP contribution in [0, 0.1) is 0 Å². The van der Waals surface area contributed by atoms with E-state index in [9.17, 15) is 9.59 Å². The first-order valence-electron chi connectivity index (χ1n) is 7.59. The van der Waals surface area contributed by atoms with Crippen LogP contribution in [0.3, 0.4) is 0 Å². The topological polar surface area (TPSA) is 55.8 Å². The molecule has 126 valence electrons. The molecule has 1 unspecified atom stereocenters. The number of methoxy groups -OCH3 is 1. The van der Waals surface area contributed by atoms with Crippen molar-refractivity contribution in [3.05, 3.63) is 30.3 Å². The van der Waals surface area contributed by atoms with Crippen LogP contribution in [0.15, 0.2) is 35.2 Å². The zero-order chi connectivity index (χ0) is 17.0. The fourth-order valence-electron chi connectivity index (χ4n) is 2.46. The van der Waals surface area contributed by atoms with E-state index < -0.39 is 23.7 Å². The van der Waals surface area contributed by atoms with Gasteiger partial charge in [-0.25, -0.2) is 9.59 Å². The van der Waals surface area contributed by atoms with E-state index in [1.54, 1.807) is 11.8 Å². The van der Waals surface area contributed by atoms with Crippen LogP contribution in [0.2, 0.25) is 0 Å². The molecule has 1 saturated heterocycles. The lowest BCUT2D eigenvalue weighted by Crippen LogP contribution is -2.43. The maximum absolute atomic E-state index is 12.4. The number of likely N-dealkylation sites (tertiary alicyclic amines) is 1. The van der Waals surface area contributed by atoms with Gasteiger partial charge in [-0.3, -0.25) is 4.90 Å². The summed E-state index contributed by atoms with van der Waals surface area (Å²) >= 11 is 1.66. The average Bonchev–Trinajstić information content (AvgIpc) is 2.90. The zero-order valence-electron chi connectivity index (χ0n) is 13.9. The number of carbonyl (C=O) groups excluding carboxylic acids is 2. The van der Waals surface area contributed by atoms with Gasteiger partial charge in [-0.1, -0.05) is 18.2 Å². The van der Waals surface area contributed by atoms with E-state index >= 15 is 0 Å². The molecule has 2 rings (SSSR count). The molecule has 1 aromatic carbocycles. The molecular formula is C17H23NO4S. The third-order valence-corrected chi connectivity index (χ3v) is 4.63. The number of esters is 1. The molecule has 1 amide bonds. The van der Waals surface area contributed by atoms with E-state index in [0.29, 0.717) is 13.0 Å². The first-order chi connectivity index (χ1) is 10.8. The highest BCUT2D eigenvalue weighted by atomic mass is 32.2. The Labute approximate surface area is 141 Å². The fourth-order valence-corrected chi connectivity index (χ4v) is 3.67. The van der Waals surface area contributed by atoms with Crippen molar-refractivity contribution >= 4 is 23.8 Å². The molecular weight excluding hydrogens is 314 g/mol. The molecule has 0 spiro atoms.